The van der Waals surface area contributed by atoms with Crippen LogP contribution in [0.1, 0.15) is 21.5 Å². The largest absolute Gasteiger partial charge is 0.444 e. The first kappa shape index (κ1) is 20.9. The van der Waals surface area contributed by atoms with Crippen LogP contribution < -0.4 is 10.6 Å². The van der Waals surface area contributed by atoms with Gasteiger partial charge in [0.05, 0.1) is 12.5 Å². The number of hydrogen-bond donors (Lipinski definition) is 2. The summed E-state index contributed by atoms with van der Waals surface area (Å²) in [6.45, 7) is 0.125. The van der Waals surface area contributed by atoms with Gasteiger partial charge in [0.1, 0.15) is 6.61 Å². The van der Waals surface area contributed by atoms with Crippen LogP contribution in [0.2, 0.25) is 5.02 Å². The van der Waals surface area contributed by atoms with Gasteiger partial charge in [0.15, 0.2) is 0 Å². The van der Waals surface area contributed by atoms with Crippen LogP contribution in [0, 0.1) is 11.3 Å². The van der Waals surface area contributed by atoms with Crippen LogP contribution in [0.5, 0.6) is 0 Å². The lowest BCUT2D eigenvalue weighted by molar-refractivity contribution is 0.102. The number of anilines is 2. The van der Waals surface area contributed by atoms with E-state index in [0.717, 1.165) is 11.1 Å². The van der Waals surface area contributed by atoms with Crippen LogP contribution in [0.25, 0.3) is 0 Å². The first-order chi connectivity index (χ1) is 14.5. The number of ether oxygens (including phenoxy) is 1. The fourth-order valence-electron chi connectivity index (χ4n) is 2.72. The quantitative estimate of drug-likeness (QED) is 0.559. The highest BCUT2D eigenvalue weighted by Gasteiger charge is 2.11. The van der Waals surface area contributed by atoms with Crippen LogP contribution in [0.15, 0.2) is 72.8 Å². The standard InChI is InChI=1S/C23H18ClN3O3/c24-19-12-18(22(28)26-20-8-4-7-16(11-20)9-10-25)13-21(14-19)27-23(29)30-15-17-5-2-1-3-6-17/h1-8,11-14H,9,15H2,(H,26,28)(H,27,29). The average Bonchev–Trinajstić information content (AvgIpc) is 2.73. The van der Waals surface area contributed by atoms with Crippen LogP contribution in [0.3, 0.4) is 0 Å². The number of hydrogen-bond acceptors (Lipinski definition) is 4. The minimum atomic E-state index is -0.656. The van der Waals surface area contributed by atoms with E-state index >= 15 is 0 Å². The van der Waals surface area contributed by atoms with Gasteiger partial charge >= 0.3 is 6.09 Å². The molecule has 3 rings (SSSR count). The van der Waals surface area contributed by atoms with Crippen molar-refractivity contribution in [1.29, 1.82) is 5.26 Å². The molecule has 0 atom stereocenters. The highest BCUT2D eigenvalue weighted by atomic mass is 35.5. The Bertz CT molecular complexity index is 1090. The summed E-state index contributed by atoms with van der Waals surface area (Å²) < 4.78 is 5.18. The van der Waals surface area contributed by atoms with Gasteiger partial charge in [-0.1, -0.05) is 54.1 Å². The summed E-state index contributed by atoms with van der Waals surface area (Å²) in [6.07, 6.45) is -0.406. The molecule has 3 aromatic carbocycles. The van der Waals surface area contributed by atoms with Crippen molar-refractivity contribution in [3.63, 3.8) is 0 Å². The molecule has 3 aromatic rings. The molecular formula is C23H18ClN3O3. The van der Waals surface area contributed by atoms with E-state index in [9.17, 15) is 9.59 Å². The number of nitriles is 1. The monoisotopic (exact) mass is 419 g/mol. The van der Waals surface area contributed by atoms with E-state index in [0.29, 0.717) is 16.4 Å². The van der Waals surface area contributed by atoms with Gasteiger partial charge < -0.3 is 10.1 Å². The van der Waals surface area contributed by atoms with Crippen LogP contribution in [0.4, 0.5) is 16.2 Å². The smallest absolute Gasteiger partial charge is 0.411 e. The Balaban J connectivity index is 1.65. The first-order valence-electron chi connectivity index (χ1n) is 9.09. The van der Waals surface area contributed by atoms with Gasteiger partial charge in [0, 0.05) is 22.0 Å². The summed E-state index contributed by atoms with van der Waals surface area (Å²) in [4.78, 5) is 24.7. The predicted molar refractivity (Wildman–Crippen MR) is 115 cm³/mol. The number of halogens is 1. The lowest BCUT2D eigenvalue weighted by atomic mass is 10.1. The molecule has 0 saturated heterocycles. The predicted octanol–water partition coefficient (Wildman–Crippen LogP) is 5.41. The van der Waals surface area contributed by atoms with E-state index in [1.807, 2.05) is 30.3 Å². The molecule has 0 spiro atoms. The number of benzene rings is 3. The van der Waals surface area contributed by atoms with Crippen molar-refractivity contribution in [3.8, 4) is 6.07 Å². The number of nitrogens with zero attached hydrogens (tertiary/aromatic N) is 1. The lowest BCUT2D eigenvalue weighted by Crippen LogP contribution is -2.15. The topological polar surface area (TPSA) is 91.2 Å². The normalized spacial score (nSPS) is 10.0. The Hall–Kier alpha value is -3.82. The van der Waals surface area contributed by atoms with Crippen molar-refractivity contribution in [1.82, 2.24) is 0 Å². The minimum absolute atomic E-state index is 0.125. The molecular weight excluding hydrogens is 402 g/mol. The van der Waals surface area contributed by atoms with E-state index in [1.165, 1.54) is 18.2 Å². The van der Waals surface area contributed by atoms with Gasteiger partial charge in [-0.3, -0.25) is 10.1 Å². The third-order valence-corrected chi connectivity index (χ3v) is 4.31. The molecule has 6 nitrogen and oxygen atoms in total. The van der Waals surface area contributed by atoms with Crippen LogP contribution in [-0.4, -0.2) is 12.0 Å². The number of rotatable bonds is 6. The maximum atomic E-state index is 12.6. The fourth-order valence-corrected chi connectivity index (χ4v) is 2.96. The Morgan fingerprint density at radius 2 is 1.67 bits per heavy atom. The van der Waals surface area contributed by atoms with Crippen molar-refractivity contribution in [2.75, 3.05) is 10.6 Å². The fraction of sp³-hybridized carbons (Fsp3) is 0.0870. The lowest BCUT2D eigenvalue weighted by Gasteiger charge is -2.10. The van der Waals surface area contributed by atoms with Gasteiger partial charge in [-0.15, -0.1) is 0 Å². The highest BCUT2D eigenvalue weighted by molar-refractivity contribution is 6.31. The van der Waals surface area contributed by atoms with Gasteiger partial charge in [0.2, 0.25) is 0 Å². The Labute approximate surface area is 179 Å². The van der Waals surface area contributed by atoms with Gasteiger partial charge in [-0.05, 0) is 41.5 Å². The van der Waals surface area contributed by atoms with E-state index in [-0.39, 0.29) is 18.6 Å². The summed E-state index contributed by atoms with van der Waals surface area (Å²) in [5.41, 5.74) is 2.82. The second-order valence-electron chi connectivity index (χ2n) is 6.40. The first-order valence-corrected chi connectivity index (χ1v) is 9.47. The second kappa shape index (κ2) is 10.1. The van der Waals surface area contributed by atoms with Crippen molar-refractivity contribution in [3.05, 3.63) is 94.5 Å². The summed E-state index contributed by atoms with van der Waals surface area (Å²) in [5.74, 6) is -0.396. The van der Waals surface area contributed by atoms with E-state index < -0.39 is 12.0 Å². The molecule has 0 bridgehead atoms. The van der Waals surface area contributed by atoms with Crippen LogP contribution in [-0.2, 0) is 17.8 Å². The molecule has 7 heteroatoms. The number of nitrogens with one attached hydrogen (secondary N) is 2. The maximum absolute atomic E-state index is 12.6. The summed E-state index contributed by atoms with van der Waals surface area (Å²) in [6, 6.07) is 22.9. The third-order valence-electron chi connectivity index (χ3n) is 4.09. The Morgan fingerprint density at radius 3 is 2.43 bits per heavy atom. The Morgan fingerprint density at radius 1 is 0.900 bits per heavy atom. The van der Waals surface area contributed by atoms with E-state index in [4.69, 9.17) is 21.6 Å². The van der Waals surface area contributed by atoms with Crippen molar-refractivity contribution < 1.29 is 14.3 Å². The van der Waals surface area contributed by atoms with Gasteiger partial charge in [-0.2, -0.15) is 5.26 Å². The molecule has 0 aliphatic carbocycles. The molecule has 0 aliphatic rings. The average molecular weight is 420 g/mol. The molecule has 30 heavy (non-hydrogen) atoms. The van der Waals surface area contributed by atoms with Crippen molar-refractivity contribution in [2.24, 2.45) is 0 Å². The van der Waals surface area contributed by atoms with E-state index in [2.05, 4.69) is 16.7 Å². The number of carbonyl (C=O) groups is 2. The molecule has 2 amide bonds. The zero-order chi connectivity index (χ0) is 21.3. The second-order valence-corrected chi connectivity index (χ2v) is 6.84. The maximum Gasteiger partial charge on any atom is 0.411 e. The Kier molecular flexibility index (Phi) is 7.04. The van der Waals surface area contributed by atoms with Gasteiger partial charge in [-0.25, -0.2) is 4.79 Å². The van der Waals surface area contributed by atoms with Crippen molar-refractivity contribution >= 4 is 35.0 Å². The molecule has 0 heterocycles. The number of carbonyl (C=O) groups excluding carboxylic acids is 2. The third kappa shape index (κ3) is 6.09. The van der Waals surface area contributed by atoms with E-state index in [1.54, 1.807) is 24.3 Å². The van der Waals surface area contributed by atoms with Gasteiger partial charge in [0.25, 0.3) is 5.91 Å². The molecule has 0 aliphatic heterocycles. The molecule has 0 saturated carbocycles. The summed E-state index contributed by atoms with van der Waals surface area (Å²) in [5, 5.41) is 14.4. The molecule has 150 valence electrons. The zero-order valence-corrected chi connectivity index (χ0v) is 16.6. The number of amides is 2. The summed E-state index contributed by atoms with van der Waals surface area (Å²) >= 11 is 6.11. The molecule has 0 unspecified atom stereocenters. The zero-order valence-electron chi connectivity index (χ0n) is 15.9. The summed E-state index contributed by atoms with van der Waals surface area (Å²) in [7, 11) is 0. The molecule has 0 radical (unpaired) electrons. The molecule has 0 fully saturated rings. The van der Waals surface area contributed by atoms with Crippen LogP contribution >= 0.6 is 11.6 Å². The highest BCUT2D eigenvalue weighted by Crippen LogP contribution is 2.21. The van der Waals surface area contributed by atoms with Crippen molar-refractivity contribution in [2.45, 2.75) is 13.0 Å². The minimum Gasteiger partial charge on any atom is -0.444 e. The molecule has 0 aromatic heterocycles. The SMILES string of the molecule is N#CCc1cccc(NC(=O)c2cc(Cl)cc(NC(=O)OCc3ccccc3)c2)c1. The molecule has 2 N–H and O–H groups in total.